The Morgan fingerprint density at radius 3 is 2.62 bits per heavy atom. The number of amides is 1. The summed E-state index contributed by atoms with van der Waals surface area (Å²) in [5.41, 5.74) is 0.968. The van der Waals surface area contributed by atoms with Gasteiger partial charge in [-0.15, -0.1) is 0 Å². The number of nitrogens with zero attached hydrogens (tertiary/aromatic N) is 3. The van der Waals surface area contributed by atoms with E-state index in [1.807, 2.05) is 17.8 Å². The Bertz CT molecular complexity index is 512. The van der Waals surface area contributed by atoms with Crippen LogP contribution in [0.4, 0.5) is 0 Å². The van der Waals surface area contributed by atoms with Gasteiger partial charge in [0.1, 0.15) is 0 Å². The van der Waals surface area contributed by atoms with E-state index in [0.717, 1.165) is 24.9 Å². The van der Waals surface area contributed by atoms with Gasteiger partial charge >= 0.3 is 5.97 Å². The Morgan fingerprint density at radius 1 is 1.38 bits per heavy atom. The minimum Gasteiger partial charge on any atom is -0.481 e. The molecule has 116 valence electrons. The molecule has 0 spiro atoms. The molecular weight excluding hydrogens is 270 g/mol. The minimum atomic E-state index is -0.847. The maximum absolute atomic E-state index is 12.5. The average molecular weight is 293 g/mol. The highest BCUT2D eigenvalue weighted by atomic mass is 16.4. The molecule has 6 heteroatoms. The first-order valence-electron chi connectivity index (χ1n) is 7.52. The molecule has 6 nitrogen and oxygen atoms in total. The predicted octanol–water partition coefficient (Wildman–Crippen LogP) is 1.75. The Labute approximate surface area is 124 Å². The van der Waals surface area contributed by atoms with Gasteiger partial charge < -0.3 is 10.0 Å². The van der Waals surface area contributed by atoms with E-state index in [0.29, 0.717) is 19.4 Å². The van der Waals surface area contributed by atoms with Crippen LogP contribution in [0.2, 0.25) is 0 Å². The van der Waals surface area contributed by atoms with Gasteiger partial charge in [0.25, 0.3) is 0 Å². The second kappa shape index (κ2) is 6.74. The maximum atomic E-state index is 12.5. The number of aryl methyl sites for hydroxylation is 1. The molecule has 1 aliphatic rings. The first kappa shape index (κ1) is 15.5. The summed E-state index contributed by atoms with van der Waals surface area (Å²) in [5.74, 6) is -1.83. The molecule has 1 amide bonds. The van der Waals surface area contributed by atoms with Crippen molar-refractivity contribution in [1.82, 2.24) is 14.7 Å². The summed E-state index contributed by atoms with van der Waals surface area (Å²) in [7, 11) is 1.74. The van der Waals surface area contributed by atoms with Crippen molar-refractivity contribution in [2.24, 2.45) is 11.8 Å². The molecule has 0 saturated heterocycles. The summed E-state index contributed by atoms with van der Waals surface area (Å²) in [4.78, 5) is 25.5. The molecular formula is C15H23N3O3. The SMILES string of the molecule is CCn1cc(CN(C)C(=O)[C@H]2CCCC[C@H]2C(=O)O)cn1. The summed E-state index contributed by atoms with van der Waals surface area (Å²) >= 11 is 0. The van der Waals surface area contributed by atoms with Crippen LogP contribution in [0.25, 0.3) is 0 Å². The Balaban J connectivity index is 2.01. The molecule has 1 aromatic heterocycles. The molecule has 21 heavy (non-hydrogen) atoms. The van der Waals surface area contributed by atoms with Crippen LogP contribution in [-0.4, -0.2) is 38.7 Å². The van der Waals surface area contributed by atoms with Gasteiger partial charge in [0.05, 0.1) is 18.0 Å². The third-order valence-corrected chi connectivity index (χ3v) is 4.21. The molecule has 2 rings (SSSR count). The fourth-order valence-electron chi connectivity index (χ4n) is 3.02. The third-order valence-electron chi connectivity index (χ3n) is 4.21. The van der Waals surface area contributed by atoms with Crippen molar-refractivity contribution < 1.29 is 14.7 Å². The topological polar surface area (TPSA) is 75.4 Å². The van der Waals surface area contributed by atoms with Crippen molar-refractivity contribution in [1.29, 1.82) is 0 Å². The average Bonchev–Trinajstić information content (AvgIpc) is 2.94. The van der Waals surface area contributed by atoms with E-state index in [2.05, 4.69) is 5.10 Å². The van der Waals surface area contributed by atoms with Crippen molar-refractivity contribution in [3.63, 3.8) is 0 Å². The van der Waals surface area contributed by atoms with Crippen LogP contribution in [0.3, 0.4) is 0 Å². The van der Waals surface area contributed by atoms with Gasteiger partial charge in [-0.25, -0.2) is 0 Å². The van der Waals surface area contributed by atoms with Gasteiger partial charge in [-0.1, -0.05) is 12.8 Å². The lowest BCUT2D eigenvalue weighted by atomic mass is 9.78. The molecule has 0 radical (unpaired) electrons. The van der Waals surface area contributed by atoms with Crippen LogP contribution < -0.4 is 0 Å². The van der Waals surface area contributed by atoms with Crippen molar-refractivity contribution in [2.45, 2.75) is 45.7 Å². The number of carbonyl (C=O) groups excluding carboxylic acids is 1. The van der Waals surface area contributed by atoms with Gasteiger partial charge in [0.2, 0.25) is 5.91 Å². The van der Waals surface area contributed by atoms with Gasteiger partial charge in [-0.2, -0.15) is 5.10 Å². The first-order valence-corrected chi connectivity index (χ1v) is 7.52. The standard InChI is InChI=1S/C15H23N3O3/c1-3-18-10-11(8-16-18)9-17(2)14(19)12-6-4-5-7-13(12)15(20)21/h8,10,12-13H,3-7,9H2,1-2H3,(H,20,21)/t12-,13+/m0/s1. The molecule has 1 heterocycles. The van der Waals surface area contributed by atoms with Crippen LogP contribution in [0, 0.1) is 11.8 Å². The Hall–Kier alpha value is -1.85. The molecule has 1 aliphatic carbocycles. The summed E-state index contributed by atoms with van der Waals surface area (Å²) in [6.45, 7) is 3.27. The van der Waals surface area contributed by atoms with Gasteiger partial charge in [0, 0.05) is 31.9 Å². The van der Waals surface area contributed by atoms with E-state index in [9.17, 15) is 14.7 Å². The second-order valence-electron chi connectivity index (χ2n) is 5.73. The van der Waals surface area contributed by atoms with Crippen LogP contribution in [0.1, 0.15) is 38.2 Å². The zero-order valence-electron chi connectivity index (χ0n) is 12.7. The van der Waals surface area contributed by atoms with Crippen molar-refractivity contribution in [3.8, 4) is 0 Å². The molecule has 0 bridgehead atoms. The smallest absolute Gasteiger partial charge is 0.307 e. The van der Waals surface area contributed by atoms with Gasteiger partial charge in [-0.05, 0) is 19.8 Å². The minimum absolute atomic E-state index is 0.0636. The lowest BCUT2D eigenvalue weighted by molar-refractivity contribution is -0.152. The lowest BCUT2D eigenvalue weighted by Crippen LogP contribution is -2.40. The molecule has 0 aromatic carbocycles. The summed E-state index contributed by atoms with van der Waals surface area (Å²) in [6, 6.07) is 0. The molecule has 1 fully saturated rings. The second-order valence-corrected chi connectivity index (χ2v) is 5.73. The summed E-state index contributed by atoms with van der Waals surface area (Å²) in [6.07, 6.45) is 6.78. The molecule has 0 unspecified atom stereocenters. The first-order chi connectivity index (χ1) is 10.0. The Morgan fingerprint density at radius 2 is 2.05 bits per heavy atom. The van der Waals surface area contributed by atoms with Crippen LogP contribution in [0.5, 0.6) is 0 Å². The largest absolute Gasteiger partial charge is 0.481 e. The van der Waals surface area contributed by atoms with E-state index >= 15 is 0 Å². The van der Waals surface area contributed by atoms with Crippen LogP contribution in [0.15, 0.2) is 12.4 Å². The third kappa shape index (κ3) is 3.62. The van der Waals surface area contributed by atoms with E-state index in [1.54, 1.807) is 18.1 Å². The number of carboxylic acid groups (broad SMARTS) is 1. The van der Waals surface area contributed by atoms with E-state index in [1.165, 1.54) is 0 Å². The molecule has 1 saturated carbocycles. The fraction of sp³-hybridized carbons (Fsp3) is 0.667. The normalized spacial score (nSPS) is 22.0. The number of hydrogen-bond acceptors (Lipinski definition) is 3. The summed E-state index contributed by atoms with van der Waals surface area (Å²) in [5, 5.41) is 13.5. The zero-order chi connectivity index (χ0) is 15.4. The van der Waals surface area contributed by atoms with E-state index in [4.69, 9.17) is 0 Å². The molecule has 1 N–H and O–H groups in total. The van der Waals surface area contributed by atoms with Crippen LogP contribution >= 0.6 is 0 Å². The highest BCUT2D eigenvalue weighted by molar-refractivity contribution is 5.84. The summed E-state index contributed by atoms with van der Waals surface area (Å²) < 4.78 is 1.81. The van der Waals surface area contributed by atoms with Crippen molar-refractivity contribution >= 4 is 11.9 Å². The van der Waals surface area contributed by atoms with Crippen LogP contribution in [-0.2, 0) is 22.7 Å². The number of aliphatic carboxylic acids is 1. The number of hydrogen-bond donors (Lipinski definition) is 1. The highest BCUT2D eigenvalue weighted by Crippen LogP contribution is 2.31. The molecule has 0 aliphatic heterocycles. The fourth-order valence-corrected chi connectivity index (χ4v) is 3.02. The molecule has 1 aromatic rings. The number of rotatable bonds is 5. The number of aromatic nitrogens is 2. The van der Waals surface area contributed by atoms with Crippen molar-refractivity contribution in [3.05, 3.63) is 18.0 Å². The number of carboxylic acids is 1. The van der Waals surface area contributed by atoms with E-state index in [-0.39, 0.29) is 11.8 Å². The van der Waals surface area contributed by atoms with E-state index < -0.39 is 11.9 Å². The monoisotopic (exact) mass is 293 g/mol. The maximum Gasteiger partial charge on any atom is 0.307 e. The number of carbonyl (C=O) groups is 2. The predicted molar refractivity (Wildman–Crippen MR) is 77.5 cm³/mol. The quantitative estimate of drug-likeness (QED) is 0.897. The van der Waals surface area contributed by atoms with Crippen molar-refractivity contribution in [2.75, 3.05) is 7.05 Å². The van der Waals surface area contributed by atoms with Gasteiger partial charge in [0.15, 0.2) is 0 Å². The lowest BCUT2D eigenvalue weighted by Gasteiger charge is -2.30. The molecule has 2 atom stereocenters. The van der Waals surface area contributed by atoms with Gasteiger partial charge in [-0.3, -0.25) is 14.3 Å². The Kier molecular flexibility index (Phi) is 4.98. The zero-order valence-corrected chi connectivity index (χ0v) is 12.7. The highest BCUT2D eigenvalue weighted by Gasteiger charge is 2.37.